The number of likely N-dealkylation sites (N-methyl/N-ethyl adjacent to an activating group) is 1. The molecule has 192 valence electrons. The van der Waals surface area contributed by atoms with Gasteiger partial charge in [0.25, 0.3) is 5.91 Å². The van der Waals surface area contributed by atoms with E-state index in [1.807, 2.05) is 14.0 Å². The third kappa shape index (κ3) is 7.24. The summed E-state index contributed by atoms with van der Waals surface area (Å²) in [4.78, 5) is 14.6. The minimum absolute atomic E-state index is 0.112. The molecule has 0 radical (unpaired) electrons. The fourth-order valence-corrected chi connectivity index (χ4v) is 6.11. The minimum atomic E-state index is -3.62. The number of anilines is 1. The van der Waals surface area contributed by atoms with Crippen LogP contribution in [0.1, 0.15) is 20.3 Å². The Morgan fingerprint density at radius 1 is 0.943 bits per heavy atom. The van der Waals surface area contributed by atoms with Crippen molar-refractivity contribution in [3.63, 3.8) is 0 Å². The first-order valence-corrected chi connectivity index (χ1v) is 14.3. The van der Waals surface area contributed by atoms with Gasteiger partial charge >= 0.3 is 0 Å². The van der Waals surface area contributed by atoms with Gasteiger partial charge < -0.3 is 15.0 Å². The zero-order valence-electron chi connectivity index (χ0n) is 20.1. The van der Waals surface area contributed by atoms with Crippen LogP contribution < -0.4 is 14.8 Å². The van der Waals surface area contributed by atoms with Gasteiger partial charge in [-0.25, -0.2) is 21.6 Å². The van der Waals surface area contributed by atoms with Gasteiger partial charge in [-0.3, -0.25) is 4.79 Å². The zero-order chi connectivity index (χ0) is 25.6. The molecule has 10 nitrogen and oxygen atoms in total. The monoisotopic (exact) mass is 524 g/mol. The van der Waals surface area contributed by atoms with E-state index >= 15 is 0 Å². The molecule has 0 aliphatic carbocycles. The van der Waals surface area contributed by atoms with Crippen LogP contribution in [0.2, 0.25) is 0 Å². The summed E-state index contributed by atoms with van der Waals surface area (Å²) in [6, 6.07) is 11.6. The van der Waals surface area contributed by atoms with Gasteiger partial charge in [-0.15, -0.1) is 0 Å². The van der Waals surface area contributed by atoms with Crippen LogP contribution in [0, 0.1) is 0 Å². The van der Waals surface area contributed by atoms with Gasteiger partial charge in [0.2, 0.25) is 20.0 Å². The molecule has 1 aliphatic heterocycles. The Bertz CT molecular complexity index is 1210. The molecule has 35 heavy (non-hydrogen) atoms. The number of sulfonamides is 2. The topological polar surface area (TPSA) is 125 Å². The summed E-state index contributed by atoms with van der Waals surface area (Å²) in [7, 11) is -5.24. The summed E-state index contributed by atoms with van der Waals surface area (Å²) >= 11 is 0. The Morgan fingerprint density at radius 3 is 2.09 bits per heavy atom. The van der Waals surface area contributed by atoms with Gasteiger partial charge in [0.15, 0.2) is 6.61 Å². The first-order chi connectivity index (χ1) is 16.5. The first kappa shape index (κ1) is 27.1. The molecule has 1 aliphatic rings. The Hall–Kier alpha value is -2.51. The number of benzene rings is 2. The second-order valence-corrected chi connectivity index (χ2v) is 12.1. The maximum absolute atomic E-state index is 12.8. The molecule has 0 spiro atoms. The zero-order valence-corrected chi connectivity index (χ0v) is 21.7. The van der Waals surface area contributed by atoms with Crippen molar-refractivity contribution in [2.45, 2.75) is 36.1 Å². The molecule has 2 aromatic carbocycles. The maximum Gasteiger partial charge on any atom is 0.262 e. The summed E-state index contributed by atoms with van der Waals surface area (Å²) in [6.45, 7) is 5.62. The van der Waals surface area contributed by atoms with Gasteiger partial charge in [0.05, 0.1) is 9.79 Å². The molecule has 3 rings (SSSR count). The normalized spacial score (nSPS) is 16.5. The number of ether oxygens (including phenoxy) is 1. The van der Waals surface area contributed by atoms with E-state index in [2.05, 4.69) is 14.9 Å². The Labute approximate surface area is 207 Å². The molecular weight excluding hydrogens is 492 g/mol. The lowest BCUT2D eigenvalue weighted by Crippen LogP contribution is -2.46. The van der Waals surface area contributed by atoms with Crippen molar-refractivity contribution in [3.8, 4) is 5.75 Å². The third-order valence-electron chi connectivity index (χ3n) is 5.71. The highest BCUT2D eigenvalue weighted by Crippen LogP contribution is 2.20. The Morgan fingerprint density at radius 2 is 1.51 bits per heavy atom. The molecule has 1 saturated heterocycles. The number of nitrogens with one attached hydrogen (secondary N) is 2. The van der Waals surface area contributed by atoms with Gasteiger partial charge in [0.1, 0.15) is 5.75 Å². The molecule has 0 saturated carbocycles. The lowest BCUT2D eigenvalue weighted by atomic mass is 10.3. The van der Waals surface area contributed by atoms with E-state index in [1.54, 1.807) is 6.92 Å². The molecule has 1 heterocycles. The average Bonchev–Trinajstić information content (AvgIpc) is 2.83. The van der Waals surface area contributed by atoms with Gasteiger partial charge in [-0.05, 0) is 68.9 Å². The van der Waals surface area contributed by atoms with E-state index in [-0.39, 0.29) is 22.4 Å². The SMILES string of the molecule is CC[C@@H](C)NS(=O)(=O)c1ccc(OCC(=O)Nc2ccc(S(=O)(=O)N3CCN(C)CC3)cc2)cc1. The largest absolute Gasteiger partial charge is 0.484 e. The number of nitrogens with zero attached hydrogens (tertiary/aromatic N) is 2. The lowest BCUT2D eigenvalue weighted by molar-refractivity contribution is -0.118. The molecule has 1 amide bonds. The highest BCUT2D eigenvalue weighted by Gasteiger charge is 2.27. The predicted molar refractivity (Wildman–Crippen MR) is 133 cm³/mol. The minimum Gasteiger partial charge on any atom is -0.484 e. The summed E-state index contributed by atoms with van der Waals surface area (Å²) in [5.41, 5.74) is 0.438. The van der Waals surface area contributed by atoms with Gasteiger partial charge in [-0.1, -0.05) is 6.92 Å². The predicted octanol–water partition coefficient (Wildman–Crippen LogP) is 1.72. The van der Waals surface area contributed by atoms with Crippen molar-refractivity contribution >= 4 is 31.6 Å². The summed E-state index contributed by atoms with van der Waals surface area (Å²) in [6.07, 6.45) is 0.671. The van der Waals surface area contributed by atoms with E-state index in [0.717, 1.165) is 0 Å². The van der Waals surface area contributed by atoms with Crippen LogP contribution in [0.15, 0.2) is 58.3 Å². The smallest absolute Gasteiger partial charge is 0.262 e. The van der Waals surface area contributed by atoms with Crippen molar-refractivity contribution in [1.29, 1.82) is 0 Å². The number of hydrogen-bond donors (Lipinski definition) is 2. The number of piperazine rings is 1. The molecular formula is C23H32N4O6S2. The fraction of sp³-hybridized carbons (Fsp3) is 0.435. The second kappa shape index (κ2) is 11.5. The van der Waals surface area contributed by atoms with Crippen molar-refractivity contribution in [1.82, 2.24) is 13.9 Å². The van der Waals surface area contributed by atoms with Gasteiger partial charge in [-0.2, -0.15) is 4.31 Å². The van der Waals surface area contributed by atoms with Crippen LogP contribution in [0.4, 0.5) is 5.69 Å². The van der Waals surface area contributed by atoms with E-state index in [9.17, 15) is 21.6 Å². The number of carbonyl (C=O) groups excluding carboxylic acids is 1. The average molecular weight is 525 g/mol. The number of carbonyl (C=O) groups is 1. The van der Waals surface area contributed by atoms with Crippen LogP contribution >= 0.6 is 0 Å². The fourth-order valence-electron chi connectivity index (χ4n) is 3.36. The summed E-state index contributed by atoms with van der Waals surface area (Å²) in [5.74, 6) is -0.0916. The third-order valence-corrected chi connectivity index (χ3v) is 9.23. The number of rotatable bonds is 10. The van der Waals surface area contributed by atoms with Crippen LogP contribution in [0.25, 0.3) is 0 Å². The Balaban J connectivity index is 1.53. The molecule has 2 aromatic rings. The number of hydrogen-bond acceptors (Lipinski definition) is 7. The van der Waals surface area contributed by atoms with E-state index in [0.29, 0.717) is 44.0 Å². The number of amides is 1. The quantitative estimate of drug-likeness (QED) is 0.485. The first-order valence-electron chi connectivity index (χ1n) is 11.3. The lowest BCUT2D eigenvalue weighted by Gasteiger charge is -2.31. The summed E-state index contributed by atoms with van der Waals surface area (Å²) in [5, 5.41) is 2.65. The molecule has 1 atom stereocenters. The van der Waals surface area contributed by atoms with Crippen molar-refractivity contribution in [3.05, 3.63) is 48.5 Å². The van der Waals surface area contributed by atoms with Crippen molar-refractivity contribution in [2.24, 2.45) is 0 Å². The highest BCUT2D eigenvalue weighted by molar-refractivity contribution is 7.89. The molecule has 0 bridgehead atoms. The van der Waals surface area contributed by atoms with Crippen molar-refractivity contribution < 1.29 is 26.4 Å². The van der Waals surface area contributed by atoms with Crippen LogP contribution in [0.5, 0.6) is 5.75 Å². The van der Waals surface area contributed by atoms with E-state index < -0.39 is 26.0 Å². The van der Waals surface area contributed by atoms with Crippen LogP contribution in [0.3, 0.4) is 0 Å². The molecule has 0 aromatic heterocycles. The molecule has 2 N–H and O–H groups in total. The van der Waals surface area contributed by atoms with E-state index in [1.165, 1.54) is 52.8 Å². The van der Waals surface area contributed by atoms with Crippen LogP contribution in [-0.4, -0.2) is 77.8 Å². The standard InChI is InChI=1S/C23H32N4O6S2/c1-4-18(2)25-34(29,30)21-11-7-20(8-12-21)33-17-23(28)24-19-5-9-22(10-6-19)35(31,32)27-15-13-26(3)14-16-27/h5-12,18,25H,4,13-17H2,1-3H3,(H,24,28)/t18-/m1/s1. The van der Waals surface area contributed by atoms with Gasteiger partial charge in [0, 0.05) is 37.9 Å². The molecule has 0 unspecified atom stereocenters. The van der Waals surface area contributed by atoms with Crippen molar-refractivity contribution in [2.75, 3.05) is 45.2 Å². The molecule has 12 heteroatoms. The molecule has 1 fully saturated rings. The maximum atomic E-state index is 12.8. The van der Waals surface area contributed by atoms with Crippen LogP contribution in [-0.2, 0) is 24.8 Å². The summed E-state index contributed by atoms with van der Waals surface area (Å²) < 4.78 is 59.7. The Kier molecular flexibility index (Phi) is 8.89. The second-order valence-electron chi connectivity index (χ2n) is 8.47. The van der Waals surface area contributed by atoms with E-state index in [4.69, 9.17) is 4.74 Å². The highest BCUT2D eigenvalue weighted by atomic mass is 32.2.